The van der Waals surface area contributed by atoms with E-state index in [1.807, 2.05) is 0 Å². The lowest BCUT2D eigenvalue weighted by molar-refractivity contribution is -0.117. The van der Waals surface area contributed by atoms with Gasteiger partial charge in [0.15, 0.2) is 0 Å². The highest BCUT2D eigenvalue weighted by Crippen LogP contribution is 2.26. The highest BCUT2D eigenvalue weighted by Gasteiger charge is 2.16. The minimum Gasteiger partial charge on any atom is -0.507 e. The van der Waals surface area contributed by atoms with Crippen LogP contribution in [0.2, 0.25) is 0 Å². The molecule has 0 unspecified atom stereocenters. The Kier molecular flexibility index (Phi) is 7.80. The molecule has 8 nitrogen and oxygen atoms in total. The van der Waals surface area contributed by atoms with E-state index in [-0.39, 0.29) is 11.4 Å². The van der Waals surface area contributed by atoms with Crippen LogP contribution in [-0.2, 0) is 4.79 Å². The lowest BCUT2D eigenvalue weighted by atomic mass is 10.1. The predicted octanol–water partition coefficient (Wildman–Crippen LogP) is 3.33. The molecule has 0 radical (unpaired) electrons. The third-order valence-electron chi connectivity index (χ3n) is 4.58. The number of methoxy groups -OCH3 is 2. The molecule has 0 aliphatic heterocycles. The summed E-state index contributed by atoms with van der Waals surface area (Å²) < 4.78 is 10.6. The quantitative estimate of drug-likeness (QED) is 0.280. The summed E-state index contributed by atoms with van der Waals surface area (Å²) >= 11 is 0. The first-order valence-corrected chi connectivity index (χ1v) is 9.93. The number of para-hydroxylation sites is 1. The van der Waals surface area contributed by atoms with Crippen molar-refractivity contribution in [2.45, 2.75) is 0 Å². The van der Waals surface area contributed by atoms with E-state index in [0.29, 0.717) is 28.2 Å². The normalized spacial score (nSPS) is 11.2. The van der Waals surface area contributed by atoms with Gasteiger partial charge in [-0.05, 0) is 42.5 Å². The molecular formula is C25H23N3O5. The second-order valence-electron chi connectivity index (χ2n) is 6.74. The first-order chi connectivity index (χ1) is 16.0. The summed E-state index contributed by atoms with van der Waals surface area (Å²) in [5.74, 6) is -0.0773. The SMILES string of the molecule is COc1ccc(/C=C(/NC(=O)c2ccccc2)C(=O)N/N=C\c2ccccc2O)c(OC)c1. The van der Waals surface area contributed by atoms with Crippen molar-refractivity contribution in [3.8, 4) is 17.2 Å². The number of benzene rings is 3. The van der Waals surface area contributed by atoms with Crippen molar-refractivity contribution in [3.63, 3.8) is 0 Å². The maximum absolute atomic E-state index is 12.9. The van der Waals surface area contributed by atoms with Gasteiger partial charge < -0.3 is 19.9 Å². The highest BCUT2D eigenvalue weighted by atomic mass is 16.5. The molecule has 0 aliphatic rings. The van der Waals surface area contributed by atoms with Crippen LogP contribution in [0.4, 0.5) is 0 Å². The van der Waals surface area contributed by atoms with E-state index in [1.54, 1.807) is 66.7 Å². The average Bonchev–Trinajstić information content (AvgIpc) is 2.85. The Hall–Kier alpha value is -4.59. The van der Waals surface area contributed by atoms with Crippen LogP contribution in [0.15, 0.2) is 83.6 Å². The van der Waals surface area contributed by atoms with Gasteiger partial charge in [0.1, 0.15) is 22.9 Å². The van der Waals surface area contributed by atoms with Crippen LogP contribution in [-0.4, -0.2) is 37.4 Å². The molecule has 8 heteroatoms. The van der Waals surface area contributed by atoms with Crippen molar-refractivity contribution in [1.82, 2.24) is 10.7 Å². The van der Waals surface area contributed by atoms with Crippen molar-refractivity contribution in [2.75, 3.05) is 14.2 Å². The van der Waals surface area contributed by atoms with Crippen LogP contribution < -0.4 is 20.2 Å². The number of ether oxygens (including phenoxy) is 2. The number of rotatable bonds is 8. The lowest BCUT2D eigenvalue weighted by Gasteiger charge is -2.11. The minimum atomic E-state index is -0.663. The van der Waals surface area contributed by atoms with Crippen molar-refractivity contribution in [2.24, 2.45) is 5.10 Å². The Labute approximate surface area is 191 Å². The largest absolute Gasteiger partial charge is 0.507 e. The van der Waals surface area contributed by atoms with Gasteiger partial charge in [0.05, 0.1) is 20.4 Å². The summed E-state index contributed by atoms with van der Waals surface area (Å²) in [7, 11) is 3.02. The summed E-state index contributed by atoms with van der Waals surface area (Å²) in [4.78, 5) is 25.6. The zero-order valence-corrected chi connectivity index (χ0v) is 18.1. The van der Waals surface area contributed by atoms with Crippen molar-refractivity contribution >= 4 is 24.1 Å². The fraction of sp³-hybridized carbons (Fsp3) is 0.0800. The van der Waals surface area contributed by atoms with E-state index >= 15 is 0 Å². The van der Waals surface area contributed by atoms with Crippen LogP contribution in [0.5, 0.6) is 17.2 Å². The zero-order chi connectivity index (χ0) is 23.6. The standard InChI is InChI=1S/C25H23N3O5/c1-32-20-13-12-18(23(15-20)33-2)14-21(27-24(30)17-8-4-3-5-9-17)25(31)28-26-16-19-10-6-7-11-22(19)29/h3-16,29H,1-2H3,(H,27,30)(H,28,31)/b21-14+,26-16-. The Bertz CT molecular complexity index is 1190. The summed E-state index contributed by atoms with van der Waals surface area (Å²) in [5.41, 5.74) is 3.66. The molecule has 0 saturated heterocycles. The topological polar surface area (TPSA) is 109 Å². The second kappa shape index (κ2) is 11.1. The van der Waals surface area contributed by atoms with Crippen LogP contribution in [0.3, 0.4) is 0 Å². The molecule has 0 atom stereocenters. The third kappa shape index (κ3) is 6.20. The molecule has 2 amide bonds. The zero-order valence-electron chi connectivity index (χ0n) is 18.1. The minimum absolute atomic E-state index is 0.0200. The lowest BCUT2D eigenvalue weighted by Crippen LogP contribution is -2.32. The monoisotopic (exact) mass is 445 g/mol. The molecule has 3 rings (SSSR count). The molecule has 3 aromatic carbocycles. The van der Waals surface area contributed by atoms with E-state index in [0.717, 1.165) is 0 Å². The van der Waals surface area contributed by atoms with Gasteiger partial charge in [-0.2, -0.15) is 5.10 Å². The molecule has 0 aromatic heterocycles. The molecule has 0 heterocycles. The molecule has 0 spiro atoms. The smallest absolute Gasteiger partial charge is 0.287 e. The molecular weight excluding hydrogens is 422 g/mol. The van der Waals surface area contributed by atoms with E-state index in [9.17, 15) is 14.7 Å². The maximum atomic E-state index is 12.9. The fourth-order valence-corrected chi connectivity index (χ4v) is 2.85. The van der Waals surface area contributed by atoms with Gasteiger partial charge in [-0.15, -0.1) is 0 Å². The van der Waals surface area contributed by atoms with Crippen LogP contribution >= 0.6 is 0 Å². The van der Waals surface area contributed by atoms with Gasteiger partial charge in [-0.1, -0.05) is 30.3 Å². The summed E-state index contributed by atoms with van der Waals surface area (Å²) in [6, 6.07) is 20.1. The summed E-state index contributed by atoms with van der Waals surface area (Å²) in [6.45, 7) is 0. The van der Waals surface area contributed by atoms with Gasteiger partial charge in [-0.25, -0.2) is 5.43 Å². The van der Waals surface area contributed by atoms with Crippen molar-refractivity contribution < 1.29 is 24.2 Å². The molecule has 33 heavy (non-hydrogen) atoms. The molecule has 0 fully saturated rings. The molecule has 3 N–H and O–H groups in total. The first kappa shape index (κ1) is 23.1. The molecule has 0 bridgehead atoms. The van der Waals surface area contributed by atoms with E-state index in [4.69, 9.17) is 9.47 Å². The number of carbonyl (C=O) groups excluding carboxylic acids is 2. The Morgan fingerprint density at radius 3 is 2.33 bits per heavy atom. The second-order valence-corrected chi connectivity index (χ2v) is 6.74. The molecule has 0 aliphatic carbocycles. The van der Waals surface area contributed by atoms with Gasteiger partial charge in [0, 0.05) is 22.8 Å². The maximum Gasteiger partial charge on any atom is 0.287 e. The first-order valence-electron chi connectivity index (χ1n) is 9.93. The Balaban J connectivity index is 1.89. The number of phenolic OH excluding ortho intramolecular Hbond substituents is 1. The number of amides is 2. The Morgan fingerprint density at radius 2 is 1.64 bits per heavy atom. The van der Waals surface area contributed by atoms with E-state index < -0.39 is 11.8 Å². The van der Waals surface area contributed by atoms with Gasteiger partial charge in [-0.3, -0.25) is 9.59 Å². The number of hydrazone groups is 1. The van der Waals surface area contributed by atoms with Crippen molar-refractivity contribution in [3.05, 3.63) is 95.2 Å². The third-order valence-corrected chi connectivity index (χ3v) is 4.58. The number of hydrogen-bond acceptors (Lipinski definition) is 6. The number of aromatic hydroxyl groups is 1. The highest BCUT2D eigenvalue weighted by molar-refractivity contribution is 6.05. The number of carbonyl (C=O) groups is 2. The van der Waals surface area contributed by atoms with Crippen LogP contribution in [0.1, 0.15) is 21.5 Å². The number of nitrogens with zero attached hydrogens (tertiary/aromatic N) is 1. The predicted molar refractivity (Wildman–Crippen MR) is 125 cm³/mol. The van der Waals surface area contributed by atoms with Gasteiger partial charge in [0.25, 0.3) is 11.8 Å². The molecule has 0 saturated carbocycles. The summed E-state index contributed by atoms with van der Waals surface area (Å²) in [5, 5.41) is 16.3. The number of phenols is 1. The van der Waals surface area contributed by atoms with Crippen LogP contribution in [0.25, 0.3) is 6.08 Å². The summed E-state index contributed by atoms with van der Waals surface area (Å²) in [6.07, 6.45) is 2.78. The number of nitrogens with one attached hydrogen (secondary N) is 2. The molecule has 3 aromatic rings. The van der Waals surface area contributed by atoms with Crippen molar-refractivity contribution in [1.29, 1.82) is 0 Å². The number of hydrogen-bond donors (Lipinski definition) is 3. The average molecular weight is 445 g/mol. The fourth-order valence-electron chi connectivity index (χ4n) is 2.85. The van der Waals surface area contributed by atoms with Gasteiger partial charge >= 0.3 is 0 Å². The van der Waals surface area contributed by atoms with Gasteiger partial charge in [0.2, 0.25) is 0 Å². The van der Waals surface area contributed by atoms with Crippen LogP contribution in [0, 0.1) is 0 Å². The Morgan fingerprint density at radius 1 is 0.909 bits per heavy atom. The molecule has 168 valence electrons. The van der Waals surface area contributed by atoms with E-state index in [1.165, 1.54) is 32.6 Å². The van der Waals surface area contributed by atoms with E-state index in [2.05, 4.69) is 15.8 Å².